The van der Waals surface area contributed by atoms with Crippen LogP contribution in [0.5, 0.6) is 0 Å². The predicted octanol–water partition coefficient (Wildman–Crippen LogP) is 2.01. The van der Waals surface area contributed by atoms with E-state index in [1.165, 1.54) is 0 Å². The molecule has 0 aliphatic heterocycles. The quantitative estimate of drug-likeness (QED) is 0.770. The van der Waals surface area contributed by atoms with Gasteiger partial charge in [-0.15, -0.1) is 0 Å². The van der Waals surface area contributed by atoms with Crippen LogP contribution in [-0.4, -0.2) is 29.2 Å². The smallest absolute Gasteiger partial charge is 0.326 e. The van der Waals surface area contributed by atoms with Crippen LogP contribution >= 0.6 is 0 Å². The molecule has 2 atom stereocenters. The Morgan fingerprint density at radius 3 is 2.45 bits per heavy atom. The fraction of sp³-hybridized carbons (Fsp3) is 0.571. The predicted molar refractivity (Wildman–Crippen MR) is 74.4 cm³/mol. The molecule has 1 heterocycles. The first-order valence-electron chi connectivity index (χ1n) is 6.52. The van der Waals surface area contributed by atoms with Gasteiger partial charge in [0.05, 0.1) is 6.26 Å². The monoisotopic (exact) mass is 282 g/mol. The number of carboxylic acids is 1. The Hall–Kier alpha value is -1.98. The van der Waals surface area contributed by atoms with Gasteiger partial charge in [-0.3, -0.25) is 0 Å². The van der Waals surface area contributed by atoms with E-state index >= 15 is 0 Å². The maximum Gasteiger partial charge on any atom is 0.326 e. The van der Waals surface area contributed by atoms with Crippen LogP contribution in [0.4, 0.5) is 4.79 Å². The molecule has 6 heteroatoms. The molecule has 112 valence electrons. The SMILES string of the molecule is CC(Cc1ccco1)NC(=O)NC(C(=O)O)C(C)(C)C. The van der Waals surface area contributed by atoms with Crippen LogP contribution in [0.15, 0.2) is 22.8 Å². The van der Waals surface area contributed by atoms with Gasteiger partial charge in [-0.2, -0.15) is 0 Å². The number of hydrogen-bond donors (Lipinski definition) is 3. The third kappa shape index (κ3) is 4.95. The molecule has 0 aliphatic rings. The Kier molecular flexibility index (Phi) is 5.19. The van der Waals surface area contributed by atoms with Crippen molar-refractivity contribution in [1.82, 2.24) is 10.6 Å². The van der Waals surface area contributed by atoms with Gasteiger partial charge in [0.1, 0.15) is 11.8 Å². The molecule has 0 aromatic carbocycles. The lowest BCUT2D eigenvalue weighted by atomic mass is 9.87. The molecular weight excluding hydrogens is 260 g/mol. The van der Waals surface area contributed by atoms with Crippen molar-refractivity contribution < 1.29 is 19.1 Å². The summed E-state index contributed by atoms with van der Waals surface area (Å²) in [7, 11) is 0. The normalized spacial score (nSPS) is 14.4. The Morgan fingerprint density at radius 2 is 2.00 bits per heavy atom. The molecule has 0 saturated heterocycles. The number of rotatable bonds is 5. The summed E-state index contributed by atoms with van der Waals surface area (Å²) in [4.78, 5) is 23.0. The van der Waals surface area contributed by atoms with Crippen molar-refractivity contribution in [2.45, 2.75) is 46.2 Å². The molecule has 1 aromatic rings. The van der Waals surface area contributed by atoms with Gasteiger partial charge in [0.25, 0.3) is 0 Å². The Labute approximate surface area is 118 Å². The lowest BCUT2D eigenvalue weighted by Crippen LogP contribution is -2.53. The Morgan fingerprint density at radius 1 is 1.35 bits per heavy atom. The molecule has 2 amide bonds. The molecule has 20 heavy (non-hydrogen) atoms. The zero-order valence-electron chi connectivity index (χ0n) is 12.3. The van der Waals surface area contributed by atoms with E-state index in [1.54, 1.807) is 33.1 Å². The number of carbonyl (C=O) groups excluding carboxylic acids is 1. The van der Waals surface area contributed by atoms with Crippen LogP contribution < -0.4 is 10.6 Å². The highest BCUT2D eigenvalue weighted by atomic mass is 16.4. The van der Waals surface area contributed by atoms with E-state index in [-0.39, 0.29) is 6.04 Å². The topological polar surface area (TPSA) is 91.6 Å². The molecule has 3 N–H and O–H groups in total. The first kappa shape index (κ1) is 16.1. The summed E-state index contributed by atoms with van der Waals surface area (Å²) < 4.78 is 5.19. The van der Waals surface area contributed by atoms with Crippen LogP contribution in [0.1, 0.15) is 33.5 Å². The van der Waals surface area contributed by atoms with Crippen molar-refractivity contribution in [2.24, 2.45) is 5.41 Å². The molecule has 0 radical (unpaired) electrons. The van der Waals surface area contributed by atoms with Crippen LogP contribution in [0.25, 0.3) is 0 Å². The Bertz CT molecular complexity index is 448. The number of furan rings is 1. The first-order chi connectivity index (χ1) is 9.20. The van der Waals surface area contributed by atoms with Crippen LogP contribution in [0.2, 0.25) is 0 Å². The molecule has 1 aromatic heterocycles. The van der Waals surface area contributed by atoms with Crippen LogP contribution in [0, 0.1) is 5.41 Å². The maximum absolute atomic E-state index is 11.8. The van der Waals surface area contributed by atoms with Gasteiger partial charge in [0.15, 0.2) is 0 Å². The number of urea groups is 1. The summed E-state index contributed by atoms with van der Waals surface area (Å²) in [5.41, 5.74) is -0.562. The van der Waals surface area contributed by atoms with Crippen molar-refractivity contribution in [3.8, 4) is 0 Å². The van der Waals surface area contributed by atoms with Crippen molar-refractivity contribution in [3.05, 3.63) is 24.2 Å². The summed E-state index contributed by atoms with van der Waals surface area (Å²) in [6, 6.07) is 2.01. The van der Waals surface area contributed by atoms with E-state index in [0.29, 0.717) is 6.42 Å². The van der Waals surface area contributed by atoms with E-state index in [1.807, 2.05) is 13.0 Å². The minimum absolute atomic E-state index is 0.157. The molecule has 6 nitrogen and oxygen atoms in total. The number of nitrogens with one attached hydrogen (secondary N) is 2. The average molecular weight is 282 g/mol. The fourth-order valence-electron chi connectivity index (χ4n) is 1.83. The number of hydrogen-bond acceptors (Lipinski definition) is 3. The van der Waals surface area contributed by atoms with Crippen molar-refractivity contribution in [3.63, 3.8) is 0 Å². The third-order valence-corrected chi connectivity index (χ3v) is 2.85. The summed E-state index contributed by atoms with van der Waals surface area (Å²) in [6.07, 6.45) is 2.12. The lowest BCUT2D eigenvalue weighted by molar-refractivity contribution is -0.141. The first-order valence-corrected chi connectivity index (χ1v) is 6.52. The van der Waals surface area contributed by atoms with E-state index in [2.05, 4.69) is 10.6 Å². The largest absolute Gasteiger partial charge is 0.480 e. The number of amides is 2. The highest BCUT2D eigenvalue weighted by Gasteiger charge is 2.32. The van der Waals surface area contributed by atoms with Crippen LogP contribution in [0.3, 0.4) is 0 Å². The zero-order chi connectivity index (χ0) is 15.3. The van der Waals surface area contributed by atoms with Crippen LogP contribution in [-0.2, 0) is 11.2 Å². The van der Waals surface area contributed by atoms with E-state index < -0.39 is 23.5 Å². The van der Waals surface area contributed by atoms with Crippen molar-refractivity contribution in [1.29, 1.82) is 0 Å². The van der Waals surface area contributed by atoms with Gasteiger partial charge in [-0.05, 0) is 24.5 Å². The molecule has 0 aliphatic carbocycles. The Balaban J connectivity index is 2.51. The summed E-state index contributed by atoms with van der Waals surface area (Å²) >= 11 is 0. The molecule has 0 fully saturated rings. The second kappa shape index (κ2) is 6.45. The minimum Gasteiger partial charge on any atom is -0.480 e. The van der Waals surface area contributed by atoms with Crippen molar-refractivity contribution in [2.75, 3.05) is 0 Å². The molecule has 2 unspecified atom stereocenters. The lowest BCUT2D eigenvalue weighted by Gasteiger charge is -2.28. The average Bonchev–Trinajstić information content (AvgIpc) is 2.76. The zero-order valence-corrected chi connectivity index (χ0v) is 12.3. The summed E-state index contributed by atoms with van der Waals surface area (Å²) in [5.74, 6) is -0.283. The summed E-state index contributed by atoms with van der Waals surface area (Å²) in [5, 5.41) is 14.3. The van der Waals surface area contributed by atoms with E-state index in [0.717, 1.165) is 5.76 Å². The fourth-order valence-corrected chi connectivity index (χ4v) is 1.83. The van der Waals surface area contributed by atoms with E-state index in [4.69, 9.17) is 9.52 Å². The molecule has 0 saturated carbocycles. The van der Waals surface area contributed by atoms with Gasteiger partial charge in [0.2, 0.25) is 0 Å². The maximum atomic E-state index is 11.8. The molecule has 0 bridgehead atoms. The number of aliphatic carboxylic acids is 1. The summed E-state index contributed by atoms with van der Waals surface area (Å²) in [6.45, 7) is 7.12. The highest BCUT2D eigenvalue weighted by molar-refractivity contribution is 5.83. The third-order valence-electron chi connectivity index (χ3n) is 2.85. The molecular formula is C14H22N2O4. The van der Waals surface area contributed by atoms with E-state index in [9.17, 15) is 9.59 Å². The number of carbonyl (C=O) groups is 2. The van der Waals surface area contributed by atoms with Crippen molar-refractivity contribution >= 4 is 12.0 Å². The highest BCUT2D eigenvalue weighted by Crippen LogP contribution is 2.19. The minimum atomic E-state index is -1.05. The molecule has 0 spiro atoms. The van der Waals surface area contributed by atoms with Gasteiger partial charge in [0, 0.05) is 12.5 Å². The van der Waals surface area contributed by atoms with Gasteiger partial charge in [-0.1, -0.05) is 20.8 Å². The van der Waals surface area contributed by atoms with Gasteiger partial charge < -0.3 is 20.2 Å². The standard InChI is InChI=1S/C14H22N2O4/c1-9(8-10-6-5-7-20-10)15-13(19)16-11(12(17)18)14(2,3)4/h5-7,9,11H,8H2,1-4H3,(H,17,18)(H2,15,16,19). The number of carboxylic acid groups (broad SMARTS) is 1. The van der Waals surface area contributed by atoms with Gasteiger partial charge >= 0.3 is 12.0 Å². The van der Waals surface area contributed by atoms with Gasteiger partial charge in [-0.25, -0.2) is 9.59 Å². The molecule has 1 rings (SSSR count). The second-order valence-corrected chi connectivity index (χ2v) is 5.94. The second-order valence-electron chi connectivity index (χ2n) is 5.94.